The molecule has 0 saturated carbocycles. The van der Waals surface area contributed by atoms with Gasteiger partial charge in [0.25, 0.3) is 0 Å². The van der Waals surface area contributed by atoms with E-state index in [1.165, 1.54) is 64.0 Å². The Bertz CT molecular complexity index is 749. The van der Waals surface area contributed by atoms with E-state index >= 15 is 0 Å². The summed E-state index contributed by atoms with van der Waals surface area (Å²) < 4.78 is 4.50. The van der Waals surface area contributed by atoms with Crippen LogP contribution in [0.3, 0.4) is 0 Å². The molecule has 1 aliphatic rings. The summed E-state index contributed by atoms with van der Waals surface area (Å²) in [6.45, 7) is 0. The second-order valence-corrected chi connectivity index (χ2v) is 5.29. The van der Waals surface area contributed by atoms with Crippen molar-refractivity contribution >= 4 is 38.3 Å². The van der Waals surface area contributed by atoms with E-state index in [9.17, 15) is 0 Å². The first kappa shape index (κ1) is 13.7. The number of aryl methyl sites for hydroxylation is 2. The molecule has 0 heterocycles. The molecule has 99 valence electrons. The molecule has 1 aliphatic carbocycles. The third-order valence-electron chi connectivity index (χ3n) is 4.26. The molecule has 2 N–H and O–H groups in total. The fourth-order valence-corrected chi connectivity index (χ4v) is 3.34. The van der Waals surface area contributed by atoms with Crippen LogP contribution in [0, 0.1) is 0 Å². The summed E-state index contributed by atoms with van der Waals surface area (Å²) in [6.07, 6.45) is 5.22. The third kappa shape index (κ3) is 2.25. The average Bonchev–Trinajstić information content (AvgIpc) is 2.56. The molecule has 3 aromatic carbocycles. The van der Waals surface area contributed by atoms with Crippen LogP contribution in [-0.4, -0.2) is 16.7 Å². The van der Waals surface area contributed by atoms with Crippen LogP contribution in [0.25, 0.3) is 21.5 Å². The van der Waals surface area contributed by atoms with Crippen molar-refractivity contribution in [3.63, 3.8) is 0 Å². The standard InChI is InChI=1S/C18H16.GeH2N/c1-3-7-15-13(5-1)9-11-18-16-8-4-2-6-14(16)10-12-17(15)18;1-2/h1,3,5,7,9-12H,2,4,6,8H2;2H2. The largest absolute Gasteiger partial charge is 0.0616 e. The van der Waals surface area contributed by atoms with Crippen LogP contribution in [0.15, 0.2) is 48.5 Å². The molecule has 0 bridgehead atoms. The quantitative estimate of drug-likeness (QED) is 0.493. The van der Waals surface area contributed by atoms with Gasteiger partial charge >= 0.3 is 21.4 Å². The number of nitrogens with two attached hydrogens (primary N) is 1. The Morgan fingerprint density at radius 1 is 0.700 bits per heavy atom. The van der Waals surface area contributed by atoms with Gasteiger partial charge in [-0.2, -0.15) is 0 Å². The number of fused-ring (bicyclic) bond motifs is 5. The van der Waals surface area contributed by atoms with E-state index in [0.29, 0.717) is 0 Å². The van der Waals surface area contributed by atoms with Gasteiger partial charge in [-0.15, -0.1) is 0 Å². The van der Waals surface area contributed by atoms with Crippen molar-refractivity contribution in [2.24, 2.45) is 4.69 Å². The number of benzene rings is 3. The minimum Gasteiger partial charge on any atom is -0.0616 e. The molecular weight excluding hydrogens is 303 g/mol. The van der Waals surface area contributed by atoms with Gasteiger partial charge in [-0.3, -0.25) is 0 Å². The summed E-state index contributed by atoms with van der Waals surface area (Å²) >= 11 is 1.50. The SMILES string of the molecule is [NH2][Ge].c1ccc2c(c1)ccc1c3c(ccc12)CCCC3. The molecule has 3 radical (unpaired) electrons. The summed E-state index contributed by atoms with van der Waals surface area (Å²) in [6, 6.07) is 18.0. The third-order valence-corrected chi connectivity index (χ3v) is 4.26. The van der Waals surface area contributed by atoms with Crippen molar-refractivity contribution < 1.29 is 0 Å². The molecule has 2 heteroatoms. The van der Waals surface area contributed by atoms with Gasteiger partial charge in [-0.05, 0) is 58.4 Å². The predicted octanol–water partition coefficient (Wildman–Crippen LogP) is 3.90. The molecule has 3 aromatic rings. The normalized spacial score (nSPS) is 13.7. The first-order valence-electron chi connectivity index (χ1n) is 7.14. The maximum atomic E-state index is 4.50. The molecule has 0 amide bonds. The summed E-state index contributed by atoms with van der Waals surface area (Å²) in [4.78, 5) is 0. The van der Waals surface area contributed by atoms with Gasteiger partial charge in [0.2, 0.25) is 0 Å². The van der Waals surface area contributed by atoms with E-state index in [0.717, 1.165) is 0 Å². The Balaban J connectivity index is 0.000000581. The van der Waals surface area contributed by atoms with E-state index in [1.54, 1.807) is 11.1 Å². The van der Waals surface area contributed by atoms with E-state index < -0.39 is 0 Å². The zero-order chi connectivity index (χ0) is 13.9. The molecule has 0 fully saturated rings. The molecule has 0 saturated heterocycles. The van der Waals surface area contributed by atoms with Gasteiger partial charge in [0.1, 0.15) is 0 Å². The second kappa shape index (κ2) is 5.98. The fourth-order valence-electron chi connectivity index (χ4n) is 3.34. The zero-order valence-corrected chi connectivity index (χ0v) is 13.6. The second-order valence-electron chi connectivity index (χ2n) is 5.29. The van der Waals surface area contributed by atoms with Crippen LogP contribution in [0.4, 0.5) is 0 Å². The van der Waals surface area contributed by atoms with Gasteiger partial charge in [-0.1, -0.05) is 48.5 Å². The van der Waals surface area contributed by atoms with Crippen LogP contribution in [0.2, 0.25) is 0 Å². The Morgan fingerprint density at radius 3 is 2.35 bits per heavy atom. The molecular formula is C18H18GeN. The van der Waals surface area contributed by atoms with Crippen LogP contribution in [0.1, 0.15) is 24.0 Å². The molecule has 0 spiro atoms. The Morgan fingerprint density at radius 2 is 1.45 bits per heavy atom. The summed E-state index contributed by atoms with van der Waals surface area (Å²) in [5.74, 6) is 0. The van der Waals surface area contributed by atoms with Crippen molar-refractivity contribution in [3.8, 4) is 0 Å². The van der Waals surface area contributed by atoms with E-state index in [1.807, 2.05) is 0 Å². The first-order valence-corrected chi connectivity index (χ1v) is 8.36. The Labute approximate surface area is 128 Å². The minimum atomic E-state index is 1.25. The summed E-state index contributed by atoms with van der Waals surface area (Å²) in [7, 11) is 0. The number of hydrogen-bond donors (Lipinski definition) is 1. The molecule has 0 unspecified atom stereocenters. The maximum Gasteiger partial charge on any atom is -0.0102 e. The van der Waals surface area contributed by atoms with Crippen molar-refractivity contribution in [3.05, 3.63) is 59.7 Å². The van der Waals surface area contributed by atoms with Gasteiger partial charge in [-0.25, -0.2) is 0 Å². The van der Waals surface area contributed by atoms with Gasteiger partial charge in [0, 0.05) is 0 Å². The smallest absolute Gasteiger partial charge is 0.0102 e. The predicted molar refractivity (Wildman–Crippen MR) is 88.0 cm³/mol. The number of rotatable bonds is 0. The van der Waals surface area contributed by atoms with Gasteiger partial charge in [0.05, 0.1) is 0 Å². The van der Waals surface area contributed by atoms with Crippen LogP contribution >= 0.6 is 0 Å². The molecule has 20 heavy (non-hydrogen) atoms. The Hall–Kier alpha value is -1.32. The summed E-state index contributed by atoms with van der Waals surface area (Å²) in [5.41, 5.74) is 3.17. The Kier molecular flexibility index (Phi) is 4.08. The van der Waals surface area contributed by atoms with E-state index in [4.69, 9.17) is 0 Å². The van der Waals surface area contributed by atoms with Crippen molar-refractivity contribution in [1.29, 1.82) is 0 Å². The van der Waals surface area contributed by atoms with Crippen LogP contribution in [0.5, 0.6) is 0 Å². The fraction of sp³-hybridized carbons (Fsp3) is 0.222. The molecule has 1 nitrogen and oxygen atoms in total. The molecule has 0 aromatic heterocycles. The van der Waals surface area contributed by atoms with Gasteiger partial charge < -0.3 is 0 Å². The minimum absolute atomic E-state index is 1.25. The molecule has 0 aliphatic heterocycles. The van der Waals surface area contributed by atoms with Crippen molar-refractivity contribution in [1.82, 2.24) is 0 Å². The average molecular weight is 321 g/mol. The van der Waals surface area contributed by atoms with Crippen LogP contribution in [-0.2, 0) is 12.8 Å². The van der Waals surface area contributed by atoms with Crippen molar-refractivity contribution in [2.45, 2.75) is 25.7 Å². The van der Waals surface area contributed by atoms with E-state index in [-0.39, 0.29) is 0 Å². The topological polar surface area (TPSA) is 26.0 Å². The summed E-state index contributed by atoms with van der Waals surface area (Å²) in [5, 5.41) is 5.64. The van der Waals surface area contributed by atoms with E-state index in [2.05, 4.69) is 53.2 Å². The van der Waals surface area contributed by atoms with Crippen LogP contribution < -0.4 is 4.69 Å². The monoisotopic (exact) mass is 322 g/mol. The first-order chi connectivity index (χ1) is 9.93. The maximum absolute atomic E-state index is 4.50. The zero-order valence-electron chi connectivity index (χ0n) is 11.5. The van der Waals surface area contributed by atoms with Crippen molar-refractivity contribution in [2.75, 3.05) is 0 Å². The van der Waals surface area contributed by atoms with Gasteiger partial charge in [0.15, 0.2) is 0 Å². The molecule has 0 atom stereocenters. The number of hydrogen-bond acceptors (Lipinski definition) is 1. The molecule has 4 rings (SSSR count).